The van der Waals surface area contributed by atoms with Crippen LogP contribution < -0.4 is 5.48 Å². The van der Waals surface area contributed by atoms with Crippen LogP contribution >= 0.6 is 0 Å². The summed E-state index contributed by atoms with van der Waals surface area (Å²) in [4.78, 5) is 37.0. The second-order valence-electron chi connectivity index (χ2n) is 4.76. The third-order valence-corrected chi connectivity index (χ3v) is 3.54. The summed E-state index contributed by atoms with van der Waals surface area (Å²) >= 11 is 0. The number of hydroxylamine groups is 1. The number of nitrogens with one attached hydrogen (secondary N) is 1. The normalized spacial score (nSPS) is 13.7. The molecule has 0 aliphatic carbocycles. The van der Waals surface area contributed by atoms with Gasteiger partial charge in [-0.3, -0.25) is 24.5 Å². The van der Waals surface area contributed by atoms with Crippen molar-refractivity contribution < 1.29 is 19.6 Å². The number of rotatable bonds is 3. The summed E-state index contributed by atoms with van der Waals surface area (Å²) in [6.45, 7) is -0.0746. The first-order valence-corrected chi connectivity index (χ1v) is 6.44. The summed E-state index contributed by atoms with van der Waals surface area (Å²) in [5, 5.41) is 9.97. The average molecular weight is 284 g/mol. The first-order chi connectivity index (χ1) is 10.1. The summed E-state index contributed by atoms with van der Waals surface area (Å²) < 4.78 is 0. The van der Waals surface area contributed by atoms with Gasteiger partial charge in [0.1, 0.15) is 0 Å². The number of benzene rings is 2. The van der Waals surface area contributed by atoms with Crippen molar-refractivity contribution in [2.75, 3.05) is 6.54 Å². The molecular formula is C15H12N2O4. The van der Waals surface area contributed by atoms with E-state index in [1.54, 1.807) is 24.3 Å². The van der Waals surface area contributed by atoms with Crippen LogP contribution in [0, 0.1) is 0 Å². The quantitative estimate of drug-likeness (QED) is 0.506. The predicted octanol–water partition coefficient (Wildman–Crippen LogP) is 1.33. The van der Waals surface area contributed by atoms with Crippen molar-refractivity contribution in [2.24, 2.45) is 0 Å². The minimum absolute atomic E-state index is 0.0746. The molecule has 6 heteroatoms. The maximum atomic E-state index is 12.4. The molecule has 3 amide bonds. The Kier molecular flexibility index (Phi) is 3.15. The van der Waals surface area contributed by atoms with Crippen LogP contribution in [0.1, 0.15) is 27.1 Å². The molecule has 6 nitrogen and oxygen atoms in total. The number of nitrogens with zero attached hydrogens (tertiary/aromatic N) is 1. The van der Waals surface area contributed by atoms with Crippen LogP contribution in [0.3, 0.4) is 0 Å². The highest BCUT2D eigenvalue weighted by Gasteiger charge is 2.32. The number of carbonyl (C=O) groups is 3. The fraction of sp³-hybridized carbons (Fsp3) is 0.133. The van der Waals surface area contributed by atoms with Crippen molar-refractivity contribution in [3.63, 3.8) is 0 Å². The van der Waals surface area contributed by atoms with Crippen molar-refractivity contribution in [1.29, 1.82) is 0 Å². The Bertz CT molecular complexity index is 719. The van der Waals surface area contributed by atoms with E-state index in [4.69, 9.17) is 5.21 Å². The Labute approximate surface area is 119 Å². The van der Waals surface area contributed by atoms with Crippen molar-refractivity contribution in [2.45, 2.75) is 6.42 Å². The third-order valence-electron chi connectivity index (χ3n) is 3.54. The van der Waals surface area contributed by atoms with E-state index in [1.807, 2.05) is 12.1 Å². The van der Waals surface area contributed by atoms with E-state index in [2.05, 4.69) is 0 Å². The molecule has 0 saturated heterocycles. The average Bonchev–Trinajstić information content (AvgIpc) is 2.52. The minimum Gasteiger partial charge on any atom is -0.289 e. The van der Waals surface area contributed by atoms with Crippen molar-refractivity contribution in [3.8, 4) is 0 Å². The molecule has 2 N–H and O–H groups in total. The zero-order valence-corrected chi connectivity index (χ0v) is 11.0. The Hall–Kier alpha value is -2.73. The maximum absolute atomic E-state index is 12.4. The van der Waals surface area contributed by atoms with Crippen LogP contribution in [0.25, 0.3) is 10.8 Å². The highest BCUT2D eigenvalue weighted by Crippen LogP contribution is 2.29. The van der Waals surface area contributed by atoms with Gasteiger partial charge in [-0.1, -0.05) is 24.3 Å². The minimum atomic E-state index is -0.646. The largest absolute Gasteiger partial charge is 0.289 e. The van der Waals surface area contributed by atoms with Crippen LogP contribution in [0.15, 0.2) is 36.4 Å². The van der Waals surface area contributed by atoms with Gasteiger partial charge in [0, 0.05) is 29.5 Å². The molecule has 1 heterocycles. The van der Waals surface area contributed by atoms with E-state index in [9.17, 15) is 14.4 Å². The monoisotopic (exact) mass is 284 g/mol. The predicted molar refractivity (Wildman–Crippen MR) is 73.9 cm³/mol. The zero-order valence-electron chi connectivity index (χ0n) is 11.0. The molecule has 3 rings (SSSR count). The lowest BCUT2D eigenvalue weighted by Crippen LogP contribution is -2.42. The second-order valence-corrected chi connectivity index (χ2v) is 4.76. The first-order valence-electron chi connectivity index (χ1n) is 6.44. The van der Waals surface area contributed by atoms with Crippen LogP contribution in [-0.2, 0) is 4.79 Å². The van der Waals surface area contributed by atoms with Crippen LogP contribution in [0.2, 0.25) is 0 Å². The fourth-order valence-electron chi connectivity index (χ4n) is 2.55. The number of carbonyl (C=O) groups excluding carboxylic acids is 3. The van der Waals surface area contributed by atoms with E-state index in [0.29, 0.717) is 16.5 Å². The molecule has 0 atom stereocenters. The highest BCUT2D eigenvalue weighted by atomic mass is 16.5. The SMILES string of the molecule is O=C(CCN1C(=O)c2cccc3cccc(c23)C1=O)NO. The van der Waals surface area contributed by atoms with E-state index in [1.165, 1.54) is 5.48 Å². The smallest absolute Gasteiger partial charge is 0.261 e. The molecule has 1 aliphatic heterocycles. The Morgan fingerprint density at radius 2 is 1.62 bits per heavy atom. The zero-order chi connectivity index (χ0) is 15.0. The molecule has 21 heavy (non-hydrogen) atoms. The molecule has 2 aromatic rings. The van der Waals surface area contributed by atoms with Gasteiger partial charge in [0.05, 0.1) is 0 Å². The van der Waals surface area contributed by atoms with Gasteiger partial charge in [-0.05, 0) is 17.5 Å². The van der Waals surface area contributed by atoms with Crippen molar-refractivity contribution >= 4 is 28.5 Å². The van der Waals surface area contributed by atoms with E-state index < -0.39 is 17.7 Å². The number of hydrogen-bond donors (Lipinski definition) is 2. The molecule has 0 saturated carbocycles. The lowest BCUT2D eigenvalue weighted by molar-refractivity contribution is -0.129. The summed E-state index contributed by atoms with van der Waals surface area (Å²) in [7, 11) is 0. The van der Waals surface area contributed by atoms with Gasteiger partial charge in [-0.25, -0.2) is 5.48 Å². The highest BCUT2D eigenvalue weighted by molar-refractivity contribution is 6.25. The van der Waals surface area contributed by atoms with Gasteiger partial charge >= 0.3 is 0 Å². The molecular weight excluding hydrogens is 272 g/mol. The number of amides is 3. The van der Waals surface area contributed by atoms with Gasteiger partial charge in [0.15, 0.2) is 0 Å². The molecule has 0 unspecified atom stereocenters. The Morgan fingerprint density at radius 3 is 2.14 bits per heavy atom. The van der Waals surface area contributed by atoms with E-state index in [0.717, 1.165) is 10.3 Å². The lowest BCUT2D eigenvalue weighted by atomic mass is 9.94. The topological polar surface area (TPSA) is 86.7 Å². The van der Waals surface area contributed by atoms with E-state index in [-0.39, 0.29) is 13.0 Å². The van der Waals surface area contributed by atoms with Gasteiger partial charge in [-0.2, -0.15) is 0 Å². The summed E-state index contributed by atoms with van der Waals surface area (Å²) in [5.74, 6) is -1.49. The fourth-order valence-corrected chi connectivity index (χ4v) is 2.55. The number of imide groups is 1. The molecule has 0 bridgehead atoms. The van der Waals surface area contributed by atoms with Crippen LogP contribution in [0.4, 0.5) is 0 Å². The Morgan fingerprint density at radius 1 is 1.05 bits per heavy atom. The van der Waals surface area contributed by atoms with Crippen LogP contribution in [0.5, 0.6) is 0 Å². The van der Waals surface area contributed by atoms with Gasteiger partial charge in [0.25, 0.3) is 11.8 Å². The summed E-state index contributed by atoms with van der Waals surface area (Å²) in [5.41, 5.74) is 2.39. The van der Waals surface area contributed by atoms with Crippen molar-refractivity contribution in [3.05, 3.63) is 47.5 Å². The first kappa shape index (κ1) is 13.3. The Balaban J connectivity index is 2.05. The standard InChI is InChI=1S/C15H12N2O4/c18-12(16-21)7-8-17-14(19)10-5-1-3-9-4-2-6-11(13(9)10)15(17)20/h1-6,21H,7-8H2,(H,16,18). The molecule has 2 aromatic carbocycles. The summed E-state index contributed by atoms with van der Waals surface area (Å²) in [6.07, 6.45) is -0.147. The number of hydrogen-bond acceptors (Lipinski definition) is 4. The van der Waals surface area contributed by atoms with Gasteiger partial charge in [-0.15, -0.1) is 0 Å². The summed E-state index contributed by atoms with van der Waals surface area (Å²) in [6, 6.07) is 10.5. The van der Waals surface area contributed by atoms with Crippen LogP contribution in [-0.4, -0.2) is 34.4 Å². The molecule has 0 spiro atoms. The maximum Gasteiger partial charge on any atom is 0.261 e. The molecule has 106 valence electrons. The van der Waals surface area contributed by atoms with Crippen molar-refractivity contribution in [1.82, 2.24) is 10.4 Å². The molecule has 1 aliphatic rings. The molecule has 0 fully saturated rings. The van der Waals surface area contributed by atoms with Gasteiger partial charge < -0.3 is 0 Å². The van der Waals surface area contributed by atoms with E-state index >= 15 is 0 Å². The third kappa shape index (κ3) is 2.05. The second kappa shape index (κ2) is 4.99. The molecule has 0 radical (unpaired) electrons. The lowest BCUT2D eigenvalue weighted by Gasteiger charge is -2.26. The molecule has 0 aromatic heterocycles. The van der Waals surface area contributed by atoms with Gasteiger partial charge in [0.2, 0.25) is 5.91 Å².